The zero-order valence-electron chi connectivity index (χ0n) is 61.9. The summed E-state index contributed by atoms with van der Waals surface area (Å²) in [7, 11) is 0. The zero-order chi connectivity index (χ0) is 65.6. The van der Waals surface area contributed by atoms with E-state index in [0.717, 1.165) is 44.9 Å². The van der Waals surface area contributed by atoms with Gasteiger partial charge in [0.2, 0.25) is 5.91 Å². The molecule has 1 amide bonds. The van der Waals surface area contributed by atoms with Gasteiger partial charge in [-0.05, 0) is 83.5 Å². The predicted octanol–water partition coefficient (Wildman–Crippen LogP) is 27.8. The number of nitrogens with one attached hydrogen (secondary N) is 1. The molecule has 0 aromatic rings. The van der Waals surface area contributed by atoms with E-state index in [9.17, 15) is 19.8 Å². The molecule has 0 saturated heterocycles. The van der Waals surface area contributed by atoms with Gasteiger partial charge in [-0.3, -0.25) is 9.59 Å². The van der Waals surface area contributed by atoms with Gasteiger partial charge in [-0.2, -0.15) is 0 Å². The average molecular weight is 1280 g/mol. The standard InChI is InChI=1S/C85H163NO5/c1-3-5-7-9-11-13-15-17-19-21-43-47-51-55-59-63-67-71-75-79-85(90)91-80-76-72-68-64-60-56-52-48-45-42-40-38-36-34-32-30-28-26-24-22-23-25-27-29-31-33-35-37-39-41-44-46-50-54-58-62-66-70-74-78-84(89)86-82(81-87)83(88)77-73-69-65-61-57-53-49-20-18-16-14-12-10-8-6-4-2/h11,13,17,19,22-23,82-83,87-88H,3-10,12,14-16,18,20-21,24-81H2,1-2H3,(H,86,89)/b13-11-,19-17-,23-22-. The Hall–Kier alpha value is -1.92. The molecule has 2 atom stereocenters. The summed E-state index contributed by atoms with van der Waals surface area (Å²) in [5.41, 5.74) is 0. The van der Waals surface area contributed by atoms with Crippen molar-refractivity contribution in [2.75, 3.05) is 13.2 Å². The number of amides is 1. The zero-order valence-corrected chi connectivity index (χ0v) is 61.9. The molecule has 0 saturated carbocycles. The van der Waals surface area contributed by atoms with Gasteiger partial charge in [0.25, 0.3) is 0 Å². The molecule has 0 aromatic heterocycles. The van der Waals surface area contributed by atoms with E-state index >= 15 is 0 Å². The van der Waals surface area contributed by atoms with E-state index < -0.39 is 12.1 Å². The highest BCUT2D eigenvalue weighted by molar-refractivity contribution is 5.76. The molecule has 0 radical (unpaired) electrons. The number of ether oxygens (including phenoxy) is 1. The quantitative estimate of drug-likeness (QED) is 0.0320. The maximum absolute atomic E-state index is 12.5. The first-order valence-corrected chi connectivity index (χ1v) is 41.7. The van der Waals surface area contributed by atoms with Crippen molar-refractivity contribution in [1.82, 2.24) is 5.32 Å². The van der Waals surface area contributed by atoms with E-state index in [-0.39, 0.29) is 18.5 Å². The molecule has 0 aliphatic heterocycles. The summed E-state index contributed by atoms with van der Waals surface area (Å²) >= 11 is 0. The Balaban J connectivity index is 3.31. The molecule has 91 heavy (non-hydrogen) atoms. The van der Waals surface area contributed by atoms with Crippen LogP contribution in [0.25, 0.3) is 0 Å². The summed E-state index contributed by atoms with van der Waals surface area (Å²) in [4.78, 5) is 24.7. The van der Waals surface area contributed by atoms with Gasteiger partial charge in [0.05, 0.1) is 25.4 Å². The fraction of sp³-hybridized carbons (Fsp3) is 0.906. The molecule has 2 unspecified atom stereocenters. The minimum absolute atomic E-state index is 0.0195. The first kappa shape index (κ1) is 89.1. The molecular formula is C85H163NO5. The van der Waals surface area contributed by atoms with Crippen molar-refractivity contribution < 1.29 is 24.5 Å². The first-order valence-electron chi connectivity index (χ1n) is 41.7. The fourth-order valence-corrected chi connectivity index (χ4v) is 13.3. The number of carbonyl (C=O) groups is 2. The fourth-order valence-electron chi connectivity index (χ4n) is 13.3. The van der Waals surface area contributed by atoms with E-state index in [0.29, 0.717) is 25.9 Å². The molecule has 0 aromatic carbocycles. The van der Waals surface area contributed by atoms with Crippen molar-refractivity contribution in [2.24, 2.45) is 0 Å². The highest BCUT2D eigenvalue weighted by Crippen LogP contribution is 2.20. The Bertz CT molecular complexity index is 1470. The number of aliphatic hydroxyl groups excluding tert-OH is 2. The van der Waals surface area contributed by atoms with Crippen LogP contribution >= 0.6 is 0 Å². The first-order chi connectivity index (χ1) is 45.0. The second kappa shape index (κ2) is 80.5. The number of hydrogen-bond acceptors (Lipinski definition) is 5. The molecule has 0 spiro atoms. The molecule has 6 heteroatoms. The average Bonchev–Trinajstić information content (AvgIpc) is 3.67. The largest absolute Gasteiger partial charge is 0.466 e. The van der Waals surface area contributed by atoms with Gasteiger partial charge in [0, 0.05) is 12.8 Å². The lowest BCUT2D eigenvalue weighted by atomic mass is 10.0. The lowest BCUT2D eigenvalue weighted by molar-refractivity contribution is -0.143. The normalized spacial score (nSPS) is 12.6. The third-order valence-electron chi connectivity index (χ3n) is 19.7. The Morgan fingerprint density at radius 3 is 0.868 bits per heavy atom. The molecule has 0 fully saturated rings. The van der Waals surface area contributed by atoms with E-state index in [4.69, 9.17) is 4.74 Å². The van der Waals surface area contributed by atoms with Crippen LogP contribution in [0.3, 0.4) is 0 Å². The minimum atomic E-state index is -0.661. The molecule has 0 heterocycles. The van der Waals surface area contributed by atoms with Crippen molar-refractivity contribution in [2.45, 2.75) is 482 Å². The smallest absolute Gasteiger partial charge is 0.305 e. The maximum atomic E-state index is 12.5. The number of allylic oxidation sites excluding steroid dienone is 6. The van der Waals surface area contributed by atoms with E-state index in [2.05, 4.69) is 55.6 Å². The number of aliphatic hydroxyl groups is 2. The van der Waals surface area contributed by atoms with Crippen LogP contribution in [0.4, 0.5) is 0 Å². The number of carbonyl (C=O) groups excluding carboxylic acids is 2. The van der Waals surface area contributed by atoms with Crippen LogP contribution < -0.4 is 5.32 Å². The lowest BCUT2D eigenvalue weighted by Gasteiger charge is -2.22. The number of esters is 1. The van der Waals surface area contributed by atoms with Gasteiger partial charge < -0.3 is 20.3 Å². The van der Waals surface area contributed by atoms with Crippen LogP contribution in [0.5, 0.6) is 0 Å². The molecular weight excluding hydrogens is 1110 g/mol. The van der Waals surface area contributed by atoms with Crippen LogP contribution in [0, 0.1) is 0 Å². The predicted molar refractivity (Wildman–Crippen MR) is 403 cm³/mol. The van der Waals surface area contributed by atoms with Crippen molar-refractivity contribution >= 4 is 11.9 Å². The summed E-state index contributed by atoms with van der Waals surface area (Å²) in [6.07, 6.45) is 105. The van der Waals surface area contributed by atoms with Crippen LogP contribution in [0.2, 0.25) is 0 Å². The van der Waals surface area contributed by atoms with Crippen LogP contribution in [0.1, 0.15) is 470 Å². The molecule has 0 rings (SSSR count). The van der Waals surface area contributed by atoms with Gasteiger partial charge in [-0.1, -0.05) is 410 Å². The number of rotatable bonds is 79. The van der Waals surface area contributed by atoms with E-state index in [1.54, 1.807) is 0 Å². The molecule has 3 N–H and O–H groups in total. The highest BCUT2D eigenvalue weighted by Gasteiger charge is 2.20. The maximum Gasteiger partial charge on any atom is 0.305 e. The molecule has 0 aliphatic carbocycles. The lowest BCUT2D eigenvalue weighted by Crippen LogP contribution is -2.45. The Labute approximate surface area is 570 Å². The van der Waals surface area contributed by atoms with Crippen LogP contribution in [0.15, 0.2) is 36.5 Å². The summed E-state index contributed by atoms with van der Waals surface area (Å²) in [6, 6.07) is -0.538. The van der Waals surface area contributed by atoms with Crippen LogP contribution in [-0.4, -0.2) is 47.4 Å². The van der Waals surface area contributed by atoms with Crippen LogP contribution in [-0.2, 0) is 14.3 Å². The SMILES string of the molecule is CCCCC/C=C\C/C=C\CCCCCCCCCCCC(=O)OCCCCCCCCCCCCCCCCCCCC/C=C\CCCCCCCCCCCCCCCCCCCC(=O)NC(CO)C(O)CCCCCCCCCCCCCCCCCC. The third kappa shape index (κ3) is 77.0. The van der Waals surface area contributed by atoms with Gasteiger partial charge in [-0.15, -0.1) is 0 Å². The van der Waals surface area contributed by atoms with E-state index in [1.807, 2.05) is 0 Å². The number of unbranched alkanes of at least 4 members (excludes halogenated alkanes) is 62. The Kier molecular flexibility index (Phi) is 78.8. The summed E-state index contributed by atoms with van der Waals surface area (Å²) in [5.74, 6) is -0.00721. The number of hydrogen-bond donors (Lipinski definition) is 3. The second-order valence-corrected chi connectivity index (χ2v) is 28.8. The monoisotopic (exact) mass is 1280 g/mol. The van der Waals surface area contributed by atoms with Crippen molar-refractivity contribution in [3.05, 3.63) is 36.5 Å². The van der Waals surface area contributed by atoms with Crippen molar-refractivity contribution in [3.8, 4) is 0 Å². The molecule has 0 bridgehead atoms. The summed E-state index contributed by atoms with van der Waals surface area (Å²) in [5, 5.41) is 23.4. The summed E-state index contributed by atoms with van der Waals surface area (Å²) in [6.45, 7) is 4.98. The Morgan fingerprint density at radius 2 is 0.549 bits per heavy atom. The highest BCUT2D eigenvalue weighted by atomic mass is 16.5. The van der Waals surface area contributed by atoms with E-state index in [1.165, 1.54) is 392 Å². The van der Waals surface area contributed by atoms with Gasteiger partial charge in [0.1, 0.15) is 0 Å². The molecule has 538 valence electrons. The second-order valence-electron chi connectivity index (χ2n) is 28.8. The van der Waals surface area contributed by atoms with Gasteiger partial charge in [0.15, 0.2) is 0 Å². The van der Waals surface area contributed by atoms with Gasteiger partial charge in [-0.25, -0.2) is 0 Å². The van der Waals surface area contributed by atoms with Gasteiger partial charge >= 0.3 is 5.97 Å². The topological polar surface area (TPSA) is 95.9 Å². The third-order valence-corrected chi connectivity index (χ3v) is 19.7. The minimum Gasteiger partial charge on any atom is -0.466 e. The Morgan fingerprint density at radius 1 is 0.308 bits per heavy atom. The van der Waals surface area contributed by atoms with Crippen molar-refractivity contribution in [3.63, 3.8) is 0 Å². The molecule has 0 aliphatic rings. The molecule has 6 nitrogen and oxygen atoms in total. The summed E-state index contributed by atoms with van der Waals surface area (Å²) < 4.78 is 5.52. The van der Waals surface area contributed by atoms with Crippen molar-refractivity contribution in [1.29, 1.82) is 0 Å².